The molecule has 0 aliphatic carbocycles. The van der Waals surface area contributed by atoms with Gasteiger partial charge in [-0.3, -0.25) is 0 Å². The quantitative estimate of drug-likeness (QED) is 0.221. The lowest BCUT2D eigenvalue weighted by Gasteiger charge is -2.09. The molecule has 0 saturated heterocycles. The third kappa shape index (κ3) is 5.40. The van der Waals surface area contributed by atoms with Crippen molar-refractivity contribution in [1.29, 1.82) is 5.26 Å². The Labute approximate surface area is 187 Å². The van der Waals surface area contributed by atoms with Gasteiger partial charge in [0.25, 0.3) is 0 Å². The minimum atomic E-state index is -4.01. The molecule has 0 heterocycles. The summed E-state index contributed by atoms with van der Waals surface area (Å²) in [5, 5.41) is 10.5. The second kappa shape index (κ2) is 9.02. The second-order valence-electron chi connectivity index (χ2n) is 5.86. The minimum absolute atomic E-state index is 0.00715. The molecule has 0 bridgehead atoms. The van der Waals surface area contributed by atoms with Gasteiger partial charge in [-0.1, -0.05) is 41.4 Å². The number of rotatable bonds is 5. The highest BCUT2D eigenvalue weighted by atomic mass is 79.9. The number of hydrogen-bond donors (Lipinski definition) is 0. The molecule has 0 aromatic heterocycles. The number of benzene rings is 3. The molecule has 0 spiro atoms. The number of halogens is 3. The summed E-state index contributed by atoms with van der Waals surface area (Å²) in [6.45, 7) is 0. The van der Waals surface area contributed by atoms with Gasteiger partial charge in [-0.2, -0.15) is 13.7 Å². The molecule has 0 aliphatic heterocycles. The Balaban J connectivity index is 1.87. The van der Waals surface area contributed by atoms with Crippen molar-refractivity contribution in [1.82, 2.24) is 0 Å². The first kappa shape index (κ1) is 21.4. The molecule has 4 nitrogen and oxygen atoms in total. The summed E-state index contributed by atoms with van der Waals surface area (Å²) in [6.07, 6.45) is 1.69. The SMILES string of the molecule is N#C/C(=C\c1ccc(OS(=O)(=O)c2ccc(Cl)cc2)c(Br)c1)c1ccc(Cl)cc1. The molecular weight excluding hydrogens is 497 g/mol. The van der Waals surface area contributed by atoms with Crippen LogP contribution in [0, 0.1) is 11.3 Å². The van der Waals surface area contributed by atoms with Crippen LogP contribution in [-0.4, -0.2) is 8.42 Å². The molecule has 0 saturated carbocycles. The molecule has 0 N–H and O–H groups in total. The van der Waals surface area contributed by atoms with Crippen molar-refractivity contribution in [3.05, 3.63) is 92.4 Å². The van der Waals surface area contributed by atoms with Crippen LogP contribution in [-0.2, 0) is 10.1 Å². The van der Waals surface area contributed by atoms with Gasteiger partial charge in [0.1, 0.15) is 4.90 Å². The maximum atomic E-state index is 12.4. The molecule has 29 heavy (non-hydrogen) atoms. The molecule has 0 atom stereocenters. The lowest BCUT2D eigenvalue weighted by atomic mass is 10.0. The standard InChI is InChI=1S/C21H12BrCl2NO3S/c22-20-12-14(11-16(13-25)15-2-4-17(23)5-3-15)1-10-21(20)28-29(26,27)19-8-6-18(24)7-9-19/h1-12H/b16-11+. The van der Waals surface area contributed by atoms with Crippen LogP contribution in [0.25, 0.3) is 11.6 Å². The molecule has 0 amide bonds. The summed E-state index contributed by atoms with van der Waals surface area (Å²) < 4.78 is 30.5. The second-order valence-corrected chi connectivity index (χ2v) is 9.13. The number of nitriles is 1. The summed E-state index contributed by atoms with van der Waals surface area (Å²) >= 11 is 15.0. The van der Waals surface area contributed by atoms with Crippen molar-refractivity contribution in [2.24, 2.45) is 0 Å². The van der Waals surface area contributed by atoms with Crippen molar-refractivity contribution in [3.8, 4) is 11.8 Å². The van der Waals surface area contributed by atoms with E-state index in [0.29, 0.717) is 25.7 Å². The van der Waals surface area contributed by atoms with E-state index in [4.69, 9.17) is 27.4 Å². The van der Waals surface area contributed by atoms with Gasteiger partial charge in [-0.15, -0.1) is 0 Å². The van der Waals surface area contributed by atoms with Gasteiger partial charge in [0.2, 0.25) is 0 Å². The Morgan fingerprint density at radius 1 is 0.966 bits per heavy atom. The molecule has 8 heteroatoms. The zero-order valence-corrected chi connectivity index (χ0v) is 18.6. The van der Waals surface area contributed by atoms with Crippen LogP contribution in [0.2, 0.25) is 10.0 Å². The average molecular weight is 509 g/mol. The van der Waals surface area contributed by atoms with Crippen molar-refractivity contribution in [2.45, 2.75) is 4.90 Å². The van der Waals surface area contributed by atoms with E-state index in [-0.39, 0.29) is 10.6 Å². The van der Waals surface area contributed by atoms with Gasteiger partial charge in [0, 0.05) is 10.0 Å². The molecule has 3 aromatic rings. The average Bonchev–Trinajstić information content (AvgIpc) is 2.69. The Kier molecular flexibility index (Phi) is 6.66. The molecular formula is C21H12BrCl2NO3S. The van der Waals surface area contributed by atoms with E-state index in [1.807, 2.05) is 0 Å². The van der Waals surface area contributed by atoms with Crippen LogP contribution in [0.5, 0.6) is 5.75 Å². The predicted molar refractivity (Wildman–Crippen MR) is 118 cm³/mol. The van der Waals surface area contributed by atoms with Crippen molar-refractivity contribution < 1.29 is 12.6 Å². The summed E-state index contributed by atoms with van der Waals surface area (Å²) in [7, 11) is -4.01. The van der Waals surface area contributed by atoms with Gasteiger partial charge in [0.15, 0.2) is 5.75 Å². The summed E-state index contributed by atoms with van der Waals surface area (Å²) in [4.78, 5) is -0.00715. The van der Waals surface area contributed by atoms with E-state index < -0.39 is 10.1 Å². The molecule has 146 valence electrons. The van der Waals surface area contributed by atoms with Crippen LogP contribution < -0.4 is 4.18 Å². The fourth-order valence-electron chi connectivity index (χ4n) is 2.42. The summed E-state index contributed by atoms with van der Waals surface area (Å²) in [5.41, 5.74) is 1.86. The zero-order valence-electron chi connectivity index (χ0n) is 14.6. The Bertz CT molecular complexity index is 1220. The fourth-order valence-corrected chi connectivity index (χ4v) is 4.20. The highest BCUT2D eigenvalue weighted by molar-refractivity contribution is 9.10. The smallest absolute Gasteiger partial charge is 0.339 e. The molecule has 3 rings (SSSR count). The van der Waals surface area contributed by atoms with Crippen LogP contribution in [0.1, 0.15) is 11.1 Å². The number of nitrogens with zero attached hydrogens (tertiary/aromatic N) is 1. The van der Waals surface area contributed by atoms with Gasteiger partial charge in [-0.05, 0) is 81.7 Å². The summed E-state index contributed by atoms with van der Waals surface area (Å²) in [6, 6.07) is 19.6. The fraction of sp³-hybridized carbons (Fsp3) is 0. The van der Waals surface area contributed by atoms with E-state index >= 15 is 0 Å². The van der Waals surface area contributed by atoms with Gasteiger partial charge < -0.3 is 4.18 Å². The molecule has 0 aliphatic rings. The Morgan fingerprint density at radius 2 is 1.55 bits per heavy atom. The van der Waals surface area contributed by atoms with E-state index in [1.165, 1.54) is 30.3 Å². The first-order valence-electron chi connectivity index (χ1n) is 8.16. The molecule has 3 aromatic carbocycles. The maximum Gasteiger partial charge on any atom is 0.339 e. The molecule has 0 radical (unpaired) electrons. The number of hydrogen-bond acceptors (Lipinski definition) is 4. The topological polar surface area (TPSA) is 67.2 Å². The zero-order chi connectivity index (χ0) is 21.0. The normalized spacial score (nSPS) is 11.7. The van der Waals surface area contributed by atoms with Crippen molar-refractivity contribution in [2.75, 3.05) is 0 Å². The van der Waals surface area contributed by atoms with Crippen molar-refractivity contribution in [3.63, 3.8) is 0 Å². The lowest BCUT2D eigenvalue weighted by Crippen LogP contribution is -2.10. The van der Waals surface area contributed by atoms with E-state index in [0.717, 1.165) is 5.56 Å². The first-order chi connectivity index (χ1) is 13.8. The Morgan fingerprint density at radius 3 is 2.10 bits per heavy atom. The van der Waals surface area contributed by atoms with Gasteiger partial charge in [0.05, 0.1) is 16.1 Å². The third-order valence-corrected chi connectivity index (χ3v) is 6.22. The van der Waals surface area contributed by atoms with Crippen LogP contribution in [0.3, 0.4) is 0 Å². The predicted octanol–water partition coefficient (Wildman–Crippen LogP) is 6.59. The number of allylic oxidation sites excluding steroid dienone is 1. The highest BCUT2D eigenvalue weighted by Gasteiger charge is 2.18. The van der Waals surface area contributed by atoms with Crippen LogP contribution in [0.4, 0.5) is 0 Å². The van der Waals surface area contributed by atoms with Crippen LogP contribution in [0.15, 0.2) is 76.1 Å². The van der Waals surface area contributed by atoms with Gasteiger partial charge in [-0.25, -0.2) is 0 Å². The monoisotopic (exact) mass is 507 g/mol. The largest absolute Gasteiger partial charge is 0.378 e. The van der Waals surface area contributed by atoms with Crippen LogP contribution >= 0.6 is 39.1 Å². The maximum absolute atomic E-state index is 12.4. The van der Waals surface area contributed by atoms with E-state index in [2.05, 4.69) is 22.0 Å². The molecule has 0 unspecified atom stereocenters. The highest BCUT2D eigenvalue weighted by Crippen LogP contribution is 2.30. The Hall–Kier alpha value is -2.30. The summed E-state index contributed by atoms with van der Waals surface area (Å²) in [5.74, 6) is 0.127. The van der Waals surface area contributed by atoms with Gasteiger partial charge >= 0.3 is 10.1 Å². The minimum Gasteiger partial charge on any atom is -0.378 e. The molecule has 0 fully saturated rings. The van der Waals surface area contributed by atoms with E-state index in [9.17, 15) is 13.7 Å². The third-order valence-electron chi connectivity index (χ3n) is 3.84. The van der Waals surface area contributed by atoms with Crippen molar-refractivity contribution >= 4 is 60.9 Å². The first-order valence-corrected chi connectivity index (χ1v) is 11.1. The van der Waals surface area contributed by atoms with E-state index in [1.54, 1.807) is 42.5 Å². The lowest BCUT2D eigenvalue weighted by molar-refractivity contribution is 0.484.